The van der Waals surface area contributed by atoms with Crippen molar-refractivity contribution >= 4 is 22.6 Å². The first kappa shape index (κ1) is 14.0. The minimum absolute atomic E-state index is 1.13. The standard InChI is InChI=1S/C15H22I/c1-2-3-4-5-6-7-8-9-14-10-12-15(16)13-11-14/h8,10-13H,2-7,9H2,1H3. The second-order valence-electron chi connectivity index (χ2n) is 4.32. The van der Waals surface area contributed by atoms with Crippen LogP contribution in [-0.4, -0.2) is 0 Å². The number of hydrogen-bond donors (Lipinski definition) is 0. The van der Waals surface area contributed by atoms with E-state index in [-0.39, 0.29) is 0 Å². The van der Waals surface area contributed by atoms with Gasteiger partial charge in [-0.05, 0) is 59.5 Å². The van der Waals surface area contributed by atoms with Crippen molar-refractivity contribution in [1.82, 2.24) is 0 Å². The maximum Gasteiger partial charge on any atom is 0.0130 e. The van der Waals surface area contributed by atoms with Crippen molar-refractivity contribution in [3.8, 4) is 0 Å². The van der Waals surface area contributed by atoms with Crippen molar-refractivity contribution in [3.63, 3.8) is 0 Å². The average molecular weight is 329 g/mol. The smallest absolute Gasteiger partial charge is 0.0130 e. The molecule has 0 unspecified atom stereocenters. The molecule has 0 saturated heterocycles. The van der Waals surface area contributed by atoms with Gasteiger partial charge in [-0.3, -0.25) is 0 Å². The SMILES string of the molecule is CCCCCCC[CH]Cc1ccc(I)cc1. The summed E-state index contributed by atoms with van der Waals surface area (Å²) in [5.74, 6) is 0. The molecular formula is C15H22I. The van der Waals surface area contributed by atoms with Gasteiger partial charge in [0.25, 0.3) is 0 Å². The van der Waals surface area contributed by atoms with E-state index in [9.17, 15) is 0 Å². The van der Waals surface area contributed by atoms with Crippen LogP contribution in [0.2, 0.25) is 0 Å². The minimum atomic E-state index is 1.13. The molecule has 16 heavy (non-hydrogen) atoms. The summed E-state index contributed by atoms with van der Waals surface area (Å²) in [6.07, 6.45) is 11.7. The van der Waals surface area contributed by atoms with Crippen molar-refractivity contribution in [3.05, 3.63) is 39.8 Å². The van der Waals surface area contributed by atoms with E-state index in [1.807, 2.05) is 0 Å². The monoisotopic (exact) mass is 329 g/mol. The Morgan fingerprint density at radius 1 is 1.00 bits per heavy atom. The van der Waals surface area contributed by atoms with Crippen LogP contribution in [0.1, 0.15) is 51.0 Å². The first-order valence-corrected chi connectivity index (χ1v) is 7.47. The van der Waals surface area contributed by atoms with Crippen LogP contribution in [0.5, 0.6) is 0 Å². The molecule has 1 aromatic carbocycles. The Bertz CT molecular complexity index is 263. The molecule has 0 aliphatic carbocycles. The van der Waals surface area contributed by atoms with E-state index >= 15 is 0 Å². The highest BCUT2D eigenvalue weighted by Gasteiger charge is 1.94. The number of rotatable bonds is 8. The van der Waals surface area contributed by atoms with Gasteiger partial charge in [-0.15, -0.1) is 0 Å². The summed E-state index contributed by atoms with van der Waals surface area (Å²) in [4.78, 5) is 0. The fourth-order valence-corrected chi connectivity index (χ4v) is 2.14. The van der Waals surface area contributed by atoms with Crippen LogP contribution in [0.25, 0.3) is 0 Å². The van der Waals surface area contributed by atoms with Crippen LogP contribution in [0, 0.1) is 9.99 Å². The normalized spacial score (nSPS) is 10.6. The lowest BCUT2D eigenvalue weighted by atomic mass is 10.0. The topological polar surface area (TPSA) is 0 Å². The molecule has 0 aliphatic heterocycles. The van der Waals surface area contributed by atoms with Gasteiger partial charge in [0.05, 0.1) is 0 Å². The van der Waals surface area contributed by atoms with Gasteiger partial charge in [-0.25, -0.2) is 0 Å². The van der Waals surface area contributed by atoms with Gasteiger partial charge < -0.3 is 0 Å². The Morgan fingerprint density at radius 2 is 1.69 bits per heavy atom. The zero-order valence-corrected chi connectivity index (χ0v) is 12.4. The van der Waals surface area contributed by atoms with Gasteiger partial charge in [0.15, 0.2) is 0 Å². The third-order valence-electron chi connectivity index (χ3n) is 2.81. The van der Waals surface area contributed by atoms with Crippen LogP contribution in [-0.2, 0) is 6.42 Å². The third-order valence-corrected chi connectivity index (χ3v) is 3.52. The van der Waals surface area contributed by atoms with Gasteiger partial charge in [0, 0.05) is 3.57 Å². The fraction of sp³-hybridized carbons (Fsp3) is 0.533. The minimum Gasteiger partial charge on any atom is -0.0654 e. The Labute approximate surface area is 114 Å². The molecule has 0 saturated carbocycles. The van der Waals surface area contributed by atoms with E-state index in [1.54, 1.807) is 0 Å². The average Bonchev–Trinajstić information content (AvgIpc) is 2.30. The highest BCUT2D eigenvalue weighted by Crippen LogP contribution is 2.11. The van der Waals surface area contributed by atoms with E-state index in [0.29, 0.717) is 0 Å². The molecular weight excluding hydrogens is 307 g/mol. The number of hydrogen-bond acceptors (Lipinski definition) is 0. The molecule has 0 atom stereocenters. The summed E-state index contributed by atoms with van der Waals surface area (Å²) >= 11 is 2.35. The summed E-state index contributed by atoms with van der Waals surface area (Å²) in [6, 6.07) is 8.83. The molecule has 89 valence electrons. The molecule has 0 aliphatic rings. The predicted octanol–water partition coefficient (Wildman–Crippen LogP) is 5.40. The molecule has 0 fully saturated rings. The zero-order valence-electron chi connectivity index (χ0n) is 10.2. The molecule has 1 rings (SSSR count). The van der Waals surface area contributed by atoms with Crippen molar-refractivity contribution < 1.29 is 0 Å². The van der Waals surface area contributed by atoms with E-state index in [1.165, 1.54) is 47.7 Å². The number of benzene rings is 1. The Hall–Kier alpha value is -0.0500. The number of unbranched alkanes of at least 4 members (excludes halogenated alkanes) is 6. The van der Waals surface area contributed by atoms with E-state index in [4.69, 9.17) is 0 Å². The predicted molar refractivity (Wildman–Crippen MR) is 80.5 cm³/mol. The zero-order chi connectivity index (χ0) is 11.6. The molecule has 0 amide bonds. The maximum atomic E-state index is 2.42. The third kappa shape index (κ3) is 6.51. The van der Waals surface area contributed by atoms with Gasteiger partial charge in [0.2, 0.25) is 0 Å². The van der Waals surface area contributed by atoms with Crippen molar-refractivity contribution in [2.24, 2.45) is 0 Å². The first-order chi connectivity index (χ1) is 7.83. The highest BCUT2D eigenvalue weighted by molar-refractivity contribution is 14.1. The van der Waals surface area contributed by atoms with E-state index in [0.717, 1.165) is 6.42 Å². The van der Waals surface area contributed by atoms with Crippen LogP contribution in [0.3, 0.4) is 0 Å². The molecule has 0 nitrogen and oxygen atoms in total. The molecule has 0 heterocycles. The Kier molecular flexibility index (Phi) is 7.91. The Balaban J connectivity index is 2.01. The van der Waals surface area contributed by atoms with Gasteiger partial charge in [0.1, 0.15) is 0 Å². The molecule has 0 aromatic heterocycles. The van der Waals surface area contributed by atoms with Gasteiger partial charge in [-0.2, -0.15) is 0 Å². The lowest BCUT2D eigenvalue weighted by Crippen LogP contribution is -1.87. The summed E-state index contributed by atoms with van der Waals surface area (Å²) < 4.78 is 1.32. The lowest BCUT2D eigenvalue weighted by Gasteiger charge is -2.02. The van der Waals surface area contributed by atoms with Crippen molar-refractivity contribution in [2.45, 2.75) is 51.9 Å². The quantitative estimate of drug-likeness (QED) is 0.442. The van der Waals surface area contributed by atoms with Crippen LogP contribution >= 0.6 is 22.6 Å². The molecule has 1 heteroatoms. The molecule has 0 spiro atoms. The molecule has 0 bridgehead atoms. The second kappa shape index (κ2) is 9.03. The highest BCUT2D eigenvalue weighted by atomic mass is 127. The first-order valence-electron chi connectivity index (χ1n) is 6.39. The van der Waals surface area contributed by atoms with Crippen molar-refractivity contribution in [2.75, 3.05) is 0 Å². The number of halogens is 1. The van der Waals surface area contributed by atoms with E-state index < -0.39 is 0 Å². The molecule has 0 N–H and O–H groups in total. The summed E-state index contributed by atoms with van der Waals surface area (Å²) in [5, 5.41) is 0. The molecule has 1 radical (unpaired) electrons. The van der Waals surface area contributed by atoms with Crippen LogP contribution in [0.15, 0.2) is 24.3 Å². The van der Waals surface area contributed by atoms with E-state index in [2.05, 4.69) is 60.2 Å². The Morgan fingerprint density at radius 3 is 2.38 bits per heavy atom. The van der Waals surface area contributed by atoms with Crippen molar-refractivity contribution in [1.29, 1.82) is 0 Å². The fourth-order valence-electron chi connectivity index (χ4n) is 1.78. The summed E-state index contributed by atoms with van der Waals surface area (Å²) in [7, 11) is 0. The second-order valence-corrected chi connectivity index (χ2v) is 5.57. The van der Waals surface area contributed by atoms with Crippen LogP contribution < -0.4 is 0 Å². The summed E-state index contributed by atoms with van der Waals surface area (Å²) in [6.45, 7) is 2.27. The molecule has 1 aromatic rings. The lowest BCUT2D eigenvalue weighted by molar-refractivity contribution is 0.626. The van der Waals surface area contributed by atoms with Crippen LogP contribution in [0.4, 0.5) is 0 Å². The summed E-state index contributed by atoms with van der Waals surface area (Å²) in [5.41, 5.74) is 1.44. The van der Waals surface area contributed by atoms with Gasteiger partial charge in [-0.1, -0.05) is 51.2 Å². The van der Waals surface area contributed by atoms with Gasteiger partial charge >= 0.3 is 0 Å². The maximum absolute atomic E-state index is 2.42. The largest absolute Gasteiger partial charge is 0.0654 e.